The second-order valence-electron chi connectivity index (χ2n) is 5.30. The van der Waals surface area contributed by atoms with Gasteiger partial charge in [0.1, 0.15) is 5.78 Å². The number of hydrogen-bond donors (Lipinski definition) is 1. The van der Waals surface area contributed by atoms with Gasteiger partial charge in [-0.3, -0.25) is 9.59 Å². The van der Waals surface area contributed by atoms with E-state index in [-0.39, 0.29) is 12.2 Å². The van der Waals surface area contributed by atoms with E-state index in [1.807, 2.05) is 99.9 Å². The normalized spacial score (nSPS) is 7.83. The van der Waals surface area contributed by atoms with Crippen molar-refractivity contribution in [2.75, 3.05) is 9.86 Å². The molecule has 3 nitrogen and oxygen atoms in total. The minimum Gasteiger partial charge on any atom is -0.481 e. The molecule has 0 unspecified atom stereocenters. The van der Waals surface area contributed by atoms with Crippen LogP contribution >= 0.6 is 45.2 Å². The Labute approximate surface area is 212 Å². The third kappa shape index (κ3) is 21.7. The van der Waals surface area contributed by atoms with Crippen LogP contribution in [0.2, 0.25) is 0 Å². The summed E-state index contributed by atoms with van der Waals surface area (Å²) in [6, 6.07) is 15.5. The molecule has 2 aromatic rings. The van der Waals surface area contributed by atoms with E-state index in [2.05, 4.69) is 45.2 Å². The van der Waals surface area contributed by atoms with E-state index >= 15 is 0 Å². The van der Waals surface area contributed by atoms with Gasteiger partial charge in [0.15, 0.2) is 0 Å². The van der Waals surface area contributed by atoms with Crippen molar-refractivity contribution in [3.63, 3.8) is 0 Å². The van der Waals surface area contributed by atoms with Crippen molar-refractivity contribution < 1.29 is 14.7 Å². The first kappa shape index (κ1) is 36.4. The van der Waals surface area contributed by atoms with Crippen LogP contribution in [0.1, 0.15) is 56.9 Å². The van der Waals surface area contributed by atoms with E-state index in [9.17, 15) is 9.59 Å². The van der Waals surface area contributed by atoms with Crippen LogP contribution < -0.4 is 0 Å². The number of carbonyl (C=O) groups excluding carboxylic acids is 1. The average Bonchev–Trinajstić information content (AvgIpc) is 2.77. The summed E-state index contributed by atoms with van der Waals surface area (Å²) in [5.74, 6) is -0.557. The number of hydrogen-bond acceptors (Lipinski definition) is 2. The predicted molar refractivity (Wildman–Crippen MR) is 151 cm³/mol. The first-order valence-electron chi connectivity index (χ1n) is 9.96. The fourth-order valence-corrected chi connectivity index (χ4v) is 2.05. The number of alkyl halides is 2. The highest BCUT2D eigenvalue weighted by molar-refractivity contribution is 14.1. The van der Waals surface area contributed by atoms with Gasteiger partial charge in [-0.05, 0) is 52.9 Å². The summed E-state index contributed by atoms with van der Waals surface area (Å²) >= 11 is 4.30. The molecule has 0 atom stereocenters. The molecule has 2 rings (SSSR count). The lowest BCUT2D eigenvalue weighted by molar-refractivity contribution is -0.136. The van der Waals surface area contributed by atoms with Crippen molar-refractivity contribution in [2.45, 2.75) is 61.3 Å². The summed E-state index contributed by atoms with van der Waals surface area (Å²) in [6.45, 7) is 13.6. The monoisotopic (exact) mass is 642 g/mol. The van der Waals surface area contributed by atoms with Crippen molar-refractivity contribution in [3.05, 3.63) is 70.8 Å². The van der Waals surface area contributed by atoms with Gasteiger partial charge >= 0.3 is 5.97 Å². The molecule has 5 heteroatoms. The van der Waals surface area contributed by atoms with Crippen LogP contribution in [-0.2, 0) is 22.4 Å². The highest BCUT2D eigenvalue weighted by Gasteiger charge is 2.01. The first-order valence-corrected chi connectivity index (χ1v) is 14.3. The van der Waals surface area contributed by atoms with Gasteiger partial charge in [-0.1, -0.05) is 121 Å². The van der Waals surface area contributed by atoms with E-state index in [1.54, 1.807) is 6.92 Å². The molecular weight excluding hydrogens is 602 g/mol. The summed E-state index contributed by atoms with van der Waals surface area (Å²) in [5.41, 5.74) is 4.26. The van der Waals surface area contributed by atoms with Gasteiger partial charge in [0.05, 0.1) is 6.42 Å². The maximum Gasteiger partial charge on any atom is 0.307 e. The zero-order valence-electron chi connectivity index (χ0n) is 20.1. The molecule has 1 N–H and O–H groups in total. The Morgan fingerprint density at radius 3 is 1.27 bits per heavy atom. The Morgan fingerprint density at radius 2 is 1.00 bits per heavy atom. The van der Waals surface area contributed by atoms with Crippen molar-refractivity contribution in [1.29, 1.82) is 0 Å². The molecule has 0 bridgehead atoms. The predicted octanol–water partition coefficient (Wildman–Crippen LogP) is 7.90. The van der Waals surface area contributed by atoms with Gasteiger partial charge in [-0.15, -0.1) is 0 Å². The number of carboxylic acid groups (broad SMARTS) is 1. The third-order valence-electron chi connectivity index (χ3n) is 3.30. The summed E-state index contributed by atoms with van der Waals surface area (Å²) in [6.07, 6.45) is 0.680. The van der Waals surface area contributed by atoms with E-state index in [0.717, 1.165) is 16.7 Å². The third-order valence-corrected chi connectivity index (χ3v) is 3.30. The molecule has 0 saturated heterocycles. The van der Waals surface area contributed by atoms with Crippen LogP contribution in [0.15, 0.2) is 48.5 Å². The summed E-state index contributed by atoms with van der Waals surface area (Å²) in [4.78, 5) is 25.0. The van der Waals surface area contributed by atoms with Gasteiger partial charge in [-0.25, -0.2) is 0 Å². The Bertz CT molecular complexity index is 599. The Morgan fingerprint density at radius 1 is 0.700 bits per heavy atom. The van der Waals surface area contributed by atoms with Crippen LogP contribution in [-0.4, -0.2) is 26.7 Å². The maximum absolute atomic E-state index is 10.8. The van der Waals surface area contributed by atoms with Gasteiger partial charge in [-0.2, -0.15) is 0 Å². The van der Waals surface area contributed by atoms with Crippen LogP contribution in [0.4, 0.5) is 0 Å². The highest BCUT2D eigenvalue weighted by Crippen LogP contribution is 2.08. The van der Waals surface area contributed by atoms with Crippen LogP contribution in [0.25, 0.3) is 0 Å². The summed E-state index contributed by atoms with van der Waals surface area (Å²) in [5, 5.41) is 8.49. The van der Waals surface area contributed by atoms with Crippen molar-refractivity contribution >= 4 is 56.9 Å². The summed E-state index contributed by atoms with van der Waals surface area (Å²) < 4.78 is 0. The number of Topliss-reactive ketones (excluding diaryl/α,β-unsaturated/α-hetero) is 1. The van der Waals surface area contributed by atoms with Crippen LogP contribution in [0, 0.1) is 13.8 Å². The molecule has 0 saturated carbocycles. The second-order valence-corrected chi connectivity index (χ2v) is 5.30. The van der Waals surface area contributed by atoms with E-state index < -0.39 is 5.97 Å². The van der Waals surface area contributed by atoms with Gasteiger partial charge in [0.2, 0.25) is 0 Å². The van der Waals surface area contributed by atoms with Crippen LogP contribution in [0.5, 0.6) is 0 Å². The number of halogens is 2. The Kier molecular flexibility index (Phi) is 34.0. The molecule has 0 aromatic heterocycles. The highest BCUT2D eigenvalue weighted by atomic mass is 127. The van der Waals surface area contributed by atoms with E-state index in [0.29, 0.717) is 6.42 Å². The van der Waals surface area contributed by atoms with Crippen LogP contribution in [0.3, 0.4) is 0 Å². The van der Waals surface area contributed by atoms with E-state index in [1.165, 1.54) is 5.56 Å². The molecular formula is C25H40I2O3. The maximum atomic E-state index is 10.8. The molecule has 0 radical (unpaired) electrons. The van der Waals surface area contributed by atoms with Gasteiger partial charge in [0.25, 0.3) is 0 Å². The topological polar surface area (TPSA) is 54.4 Å². The average molecular weight is 642 g/mol. The molecule has 0 aliphatic rings. The zero-order chi connectivity index (χ0) is 24.5. The standard InChI is InChI=1S/C10H12O.C9H10O2.2C2H6.2CH3I/c1-8-5-3-4-6-10(8)7-9(2)11;1-7-4-2-3-5-8(7)6-9(10)11;4*1-2/h3-6H,7H2,1-2H3;2-5H,6H2,1H3,(H,10,11);2*1-2H3;2*1H3. The fraction of sp³-hybridized carbons (Fsp3) is 0.440. The smallest absolute Gasteiger partial charge is 0.307 e. The van der Waals surface area contributed by atoms with Crippen molar-refractivity contribution in [2.24, 2.45) is 0 Å². The fourth-order valence-electron chi connectivity index (χ4n) is 2.05. The molecule has 0 heterocycles. The number of carbonyl (C=O) groups is 2. The molecule has 30 heavy (non-hydrogen) atoms. The lowest BCUT2D eigenvalue weighted by atomic mass is 10.0. The lowest BCUT2D eigenvalue weighted by Crippen LogP contribution is -2.01. The molecule has 0 spiro atoms. The molecule has 0 amide bonds. The molecule has 0 aliphatic heterocycles. The second kappa shape index (κ2) is 28.0. The van der Waals surface area contributed by atoms with Crippen molar-refractivity contribution in [1.82, 2.24) is 0 Å². The molecule has 2 aromatic carbocycles. The number of ketones is 1. The largest absolute Gasteiger partial charge is 0.481 e. The quantitative estimate of drug-likeness (QED) is 0.273. The molecule has 0 aliphatic carbocycles. The van der Waals surface area contributed by atoms with Gasteiger partial charge < -0.3 is 5.11 Å². The van der Waals surface area contributed by atoms with Gasteiger partial charge in [0, 0.05) is 6.42 Å². The summed E-state index contributed by atoms with van der Waals surface area (Å²) in [7, 11) is 0. The number of carboxylic acids is 1. The van der Waals surface area contributed by atoms with E-state index in [4.69, 9.17) is 5.11 Å². The number of aryl methyl sites for hydroxylation is 2. The molecule has 0 fully saturated rings. The Hall–Kier alpha value is -0.960. The Balaban J connectivity index is -0.000000169. The minimum atomic E-state index is -0.778. The minimum absolute atomic E-state index is 0.118. The lowest BCUT2D eigenvalue weighted by Gasteiger charge is -2.00. The zero-order valence-corrected chi connectivity index (χ0v) is 24.4. The molecule has 172 valence electrons. The first-order chi connectivity index (χ1) is 14.4. The van der Waals surface area contributed by atoms with Crippen molar-refractivity contribution in [3.8, 4) is 0 Å². The number of benzene rings is 2. The number of aliphatic carboxylic acids is 1. The SMILES string of the molecule is CC.CC.CC(=O)Cc1ccccc1C.CI.CI.Cc1ccccc1CC(=O)O. The number of rotatable bonds is 4.